The van der Waals surface area contributed by atoms with Crippen LogP contribution in [0.25, 0.3) is 27.8 Å². The predicted molar refractivity (Wildman–Crippen MR) is 137 cm³/mol. The summed E-state index contributed by atoms with van der Waals surface area (Å²) in [4.78, 5) is 13.4. The first-order valence-electron chi connectivity index (χ1n) is 12.1. The van der Waals surface area contributed by atoms with E-state index in [-0.39, 0.29) is 5.95 Å². The van der Waals surface area contributed by atoms with Crippen LogP contribution in [0.2, 0.25) is 0 Å². The van der Waals surface area contributed by atoms with E-state index < -0.39 is 11.7 Å². The van der Waals surface area contributed by atoms with Crippen molar-refractivity contribution >= 4 is 16.9 Å². The van der Waals surface area contributed by atoms with E-state index in [0.29, 0.717) is 19.5 Å². The molecule has 0 fully saturated rings. The standard InChI is InChI=1S/C28H25F3N6/c1-16-7-8-21(20-9-11-32-24(16)20)26-22-15-36(27-33-13-19(14-34-27)28(29,30)31)12-10-23(22)35-37(26)25-17(2)5-4-6-18(25)3/h4-9,11,13-14,32H,10,12,15H2,1-3H3. The summed E-state index contributed by atoms with van der Waals surface area (Å²) >= 11 is 0. The summed E-state index contributed by atoms with van der Waals surface area (Å²) < 4.78 is 41.2. The van der Waals surface area contributed by atoms with Crippen LogP contribution in [0.3, 0.4) is 0 Å². The fourth-order valence-electron chi connectivity index (χ4n) is 5.26. The molecule has 0 unspecified atom stereocenters. The molecule has 5 aromatic rings. The summed E-state index contributed by atoms with van der Waals surface area (Å²) in [6, 6.07) is 12.5. The Balaban J connectivity index is 1.53. The van der Waals surface area contributed by atoms with Gasteiger partial charge in [0.05, 0.1) is 22.6 Å². The molecule has 0 radical (unpaired) electrons. The molecule has 0 bridgehead atoms. The molecule has 188 valence electrons. The highest BCUT2D eigenvalue weighted by Gasteiger charge is 2.33. The normalized spacial score (nSPS) is 13.8. The number of H-pyrrole nitrogens is 1. The largest absolute Gasteiger partial charge is 0.419 e. The number of aromatic nitrogens is 5. The number of nitrogens with zero attached hydrogens (tertiary/aromatic N) is 5. The molecule has 4 heterocycles. The molecule has 0 saturated heterocycles. The second-order valence-electron chi connectivity index (χ2n) is 9.56. The van der Waals surface area contributed by atoms with Crippen LogP contribution >= 0.6 is 0 Å². The quantitative estimate of drug-likeness (QED) is 0.314. The van der Waals surface area contributed by atoms with Gasteiger partial charge in [0.15, 0.2) is 0 Å². The molecule has 1 aliphatic rings. The minimum absolute atomic E-state index is 0.278. The number of aromatic amines is 1. The predicted octanol–water partition coefficient (Wildman–Crippen LogP) is 6.32. The van der Waals surface area contributed by atoms with E-state index in [1.807, 2.05) is 21.8 Å². The van der Waals surface area contributed by atoms with Crippen LogP contribution in [0, 0.1) is 20.8 Å². The molecule has 0 aliphatic carbocycles. The number of aryl methyl sites for hydroxylation is 3. The first-order valence-corrected chi connectivity index (χ1v) is 12.1. The highest BCUT2D eigenvalue weighted by molar-refractivity contribution is 5.97. The van der Waals surface area contributed by atoms with Gasteiger partial charge >= 0.3 is 6.18 Å². The van der Waals surface area contributed by atoms with Gasteiger partial charge in [-0.1, -0.05) is 30.3 Å². The number of fused-ring (bicyclic) bond motifs is 2. The number of halogens is 3. The van der Waals surface area contributed by atoms with Gasteiger partial charge in [-0.3, -0.25) is 0 Å². The number of hydrogen-bond acceptors (Lipinski definition) is 4. The lowest BCUT2D eigenvalue weighted by Crippen LogP contribution is -2.31. The van der Waals surface area contributed by atoms with E-state index in [1.54, 1.807) is 0 Å². The van der Waals surface area contributed by atoms with Crippen molar-refractivity contribution in [1.82, 2.24) is 24.7 Å². The van der Waals surface area contributed by atoms with Crippen LogP contribution in [-0.4, -0.2) is 31.3 Å². The Morgan fingerprint density at radius 1 is 0.919 bits per heavy atom. The molecule has 3 aromatic heterocycles. The molecule has 6 nitrogen and oxygen atoms in total. The number of benzene rings is 2. The second kappa shape index (κ2) is 8.47. The molecular weight excluding hydrogens is 477 g/mol. The van der Waals surface area contributed by atoms with Crippen molar-refractivity contribution < 1.29 is 13.2 Å². The SMILES string of the molecule is Cc1cccc(C)c1-n1nc2c(c1-c1ccc(C)c3[nH]ccc13)CN(c1ncc(C(F)(F)F)cn1)CC2. The fourth-order valence-corrected chi connectivity index (χ4v) is 5.26. The van der Waals surface area contributed by atoms with Crippen molar-refractivity contribution in [2.75, 3.05) is 11.4 Å². The first kappa shape index (κ1) is 23.3. The van der Waals surface area contributed by atoms with Gasteiger partial charge in [-0.2, -0.15) is 18.3 Å². The molecule has 6 rings (SSSR count). The average Bonchev–Trinajstić information content (AvgIpc) is 3.50. The average molecular weight is 503 g/mol. The zero-order chi connectivity index (χ0) is 25.9. The highest BCUT2D eigenvalue weighted by atomic mass is 19.4. The van der Waals surface area contributed by atoms with Crippen molar-refractivity contribution in [1.29, 1.82) is 0 Å². The number of hydrogen-bond donors (Lipinski definition) is 1. The Morgan fingerprint density at radius 2 is 1.65 bits per heavy atom. The molecule has 9 heteroatoms. The van der Waals surface area contributed by atoms with E-state index in [4.69, 9.17) is 5.10 Å². The molecule has 0 spiro atoms. The first-order chi connectivity index (χ1) is 17.7. The Hall–Kier alpha value is -4.14. The maximum Gasteiger partial charge on any atom is 0.419 e. The van der Waals surface area contributed by atoms with Gasteiger partial charge in [0.25, 0.3) is 0 Å². The Kier molecular flexibility index (Phi) is 5.33. The molecular formula is C28H25F3N6. The van der Waals surface area contributed by atoms with Crippen LogP contribution in [0.15, 0.2) is 55.0 Å². The van der Waals surface area contributed by atoms with Gasteiger partial charge in [0.1, 0.15) is 0 Å². The van der Waals surface area contributed by atoms with E-state index in [9.17, 15) is 13.2 Å². The van der Waals surface area contributed by atoms with Gasteiger partial charge in [0.2, 0.25) is 5.95 Å². The summed E-state index contributed by atoms with van der Waals surface area (Å²) in [5, 5.41) is 6.19. The van der Waals surface area contributed by atoms with Crippen LogP contribution in [0.5, 0.6) is 0 Å². The molecule has 1 N–H and O–H groups in total. The smallest absolute Gasteiger partial charge is 0.361 e. The van der Waals surface area contributed by atoms with Gasteiger partial charge in [-0.25, -0.2) is 14.6 Å². The lowest BCUT2D eigenvalue weighted by atomic mass is 9.97. The number of para-hydroxylation sites is 1. The van der Waals surface area contributed by atoms with E-state index in [0.717, 1.165) is 68.2 Å². The maximum absolute atomic E-state index is 13.1. The summed E-state index contributed by atoms with van der Waals surface area (Å²) in [6.07, 6.45) is -0.201. The Bertz CT molecular complexity index is 1610. The third kappa shape index (κ3) is 3.85. The van der Waals surface area contributed by atoms with Crippen molar-refractivity contribution in [3.8, 4) is 16.9 Å². The minimum Gasteiger partial charge on any atom is -0.361 e. The highest BCUT2D eigenvalue weighted by Crippen LogP contribution is 2.39. The van der Waals surface area contributed by atoms with Crippen molar-refractivity contribution in [2.45, 2.75) is 39.9 Å². The van der Waals surface area contributed by atoms with Crippen LogP contribution in [0.1, 0.15) is 33.5 Å². The topological polar surface area (TPSA) is 62.6 Å². The Morgan fingerprint density at radius 3 is 2.35 bits per heavy atom. The molecule has 1 aliphatic heterocycles. The van der Waals surface area contributed by atoms with E-state index >= 15 is 0 Å². The summed E-state index contributed by atoms with van der Waals surface area (Å²) in [5.74, 6) is 0.278. The second-order valence-corrected chi connectivity index (χ2v) is 9.56. The summed E-state index contributed by atoms with van der Waals surface area (Å²) in [6.45, 7) is 7.24. The summed E-state index contributed by atoms with van der Waals surface area (Å²) in [5.41, 5.74) is 8.66. The lowest BCUT2D eigenvalue weighted by molar-refractivity contribution is -0.138. The molecule has 2 aromatic carbocycles. The van der Waals surface area contributed by atoms with Gasteiger partial charge in [-0.05, 0) is 43.5 Å². The molecule has 0 amide bonds. The fraction of sp³-hybridized carbons (Fsp3) is 0.250. The number of nitrogens with one attached hydrogen (secondary N) is 1. The zero-order valence-electron chi connectivity index (χ0n) is 20.7. The van der Waals surface area contributed by atoms with Crippen molar-refractivity contribution in [2.24, 2.45) is 0 Å². The third-order valence-corrected chi connectivity index (χ3v) is 7.12. The number of alkyl halides is 3. The molecule has 37 heavy (non-hydrogen) atoms. The van der Waals surface area contributed by atoms with Crippen molar-refractivity contribution in [3.05, 3.63) is 88.5 Å². The molecule has 0 atom stereocenters. The van der Waals surface area contributed by atoms with Gasteiger partial charge < -0.3 is 9.88 Å². The number of rotatable bonds is 3. The van der Waals surface area contributed by atoms with Gasteiger partial charge in [-0.15, -0.1) is 0 Å². The third-order valence-electron chi connectivity index (χ3n) is 7.12. The zero-order valence-corrected chi connectivity index (χ0v) is 20.7. The van der Waals surface area contributed by atoms with Crippen LogP contribution < -0.4 is 4.90 Å². The van der Waals surface area contributed by atoms with Gasteiger partial charge in [0, 0.05) is 60.1 Å². The van der Waals surface area contributed by atoms with Crippen LogP contribution in [0.4, 0.5) is 19.1 Å². The maximum atomic E-state index is 13.1. The molecule has 0 saturated carbocycles. The van der Waals surface area contributed by atoms with Crippen LogP contribution in [-0.2, 0) is 19.1 Å². The minimum atomic E-state index is -4.47. The van der Waals surface area contributed by atoms with E-state index in [1.165, 1.54) is 0 Å². The monoisotopic (exact) mass is 502 g/mol. The van der Waals surface area contributed by atoms with Crippen molar-refractivity contribution in [3.63, 3.8) is 0 Å². The summed E-state index contributed by atoms with van der Waals surface area (Å²) in [7, 11) is 0. The Labute approximate surface area is 211 Å². The number of anilines is 1. The lowest BCUT2D eigenvalue weighted by Gasteiger charge is -2.27. The van der Waals surface area contributed by atoms with E-state index in [2.05, 4.69) is 66.1 Å².